The minimum Gasteiger partial charge on any atom is -0.351 e. The van der Waals surface area contributed by atoms with Gasteiger partial charge in [0.2, 0.25) is 0 Å². The van der Waals surface area contributed by atoms with Crippen molar-refractivity contribution in [2.24, 2.45) is 0 Å². The van der Waals surface area contributed by atoms with Crippen molar-refractivity contribution in [1.29, 1.82) is 0 Å². The molecule has 1 fully saturated rings. The van der Waals surface area contributed by atoms with Gasteiger partial charge in [-0.05, 0) is 55.7 Å². The number of amides is 1. The number of H-pyrrole nitrogens is 1. The van der Waals surface area contributed by atoms with E-state index in [0.29, 0.717) is 34.3 Å². The van der Waals surface area contributed by atoms with Crippen LogP contribution >= 0.6 is 12.2 Å². The van der Waals surface area contributed by atoms with E-state index in [9.17, 15) is 9.59 Å². The van der Waals surface area contributed by atoms with Crippen molar-refractivity contribution in [3.05, 3.63) is 74.8 Å². The maximum atomic E-state index is 12.7. The minimum atomic E-state index is -0.141. The number of nitrogens with one attached hydrogen (secondary N) is 2. The number of carbonyl (C=O) groups is 1. The molecule has 0 saturated heterocycles. The van der Waals surface area contributed by atoms with E-state index >= 15 is 0 Å². The highest BCUT2D eigenvalue weighted by atomic mass is 32.1. The molecule has 0 radical (unpaired) electrons. The highest BCUT2D eigenvalue weighted by Crippen LogP contribution is 2.47. The highest BCUT2D eigenvalue weighted by Gasteiger charge is 2.44. The Bertz CT molecular complexity index is 1130. The van der Waals surface area contributed by atoms with Crippen LogP contribution in [0.15, 0.2) is 53.3 Å². The van der Waals surface area contributed by atoms with Crippen LogP contribution in [-0.4, -0.2) is 22.0 Å². The molecule has 1 saturated carbocycles. The van der Waals surface area contributed by atoms with Crippen molar-refractivity contribution in [3.63, 3.8) is 0 Å². The summed E-state index contributed by atoms with van der Waals surface area (Å²) in [7, 11) is 0. The van der Waals surface area contributed by atoms with Crippen molar-refractivity contribution in [2.45, 2.75) is 31.7 Å². The van der Waals surface area contributed by atoms with E-state index in [2.05, 4.69) is 22.4 Å². The summed E-state index contributed by atoms with van der Waals surface area (Å²) < 4.78 is 1.88. The Labute approximate surface area is 162 Å². The molecule has 1 amide bonds. The zero-order valence-corrected chi connectivity index (χ0v) is 15.9. The van der Waals surface area contributed by atoms with Crippen molar-refractivity contribution < 1.29 is 4.79 Å². The van der Waals surface area contributed by atoms with Gasteiger partial charge in [0.25, 0.3) is 11.5 Å². The standard InChI is InChI=1S/C21H21N3O2S/c1-2-24-19(26)16-9-8-14(12-17(16)23-20(24)27)18(25)22-13-21(10-11-21)15-6-4-3-5-7-15/h3-9,12H,2,10-11,13H2,1H3,(H,22,25)(H,23,27). The van der Waals surface area contributed by atoms with Crippen LogP contribution in [-0.2, 0) is 12.0 Å². The molecule has 0 bridgehead atoms. The number of hydrogen-bond donors (Lipinski definition) is 2. The maximum absolute atomic E-state index is 12.7. The number of benzene rings is 2. The number of aromatic nitrogens is 2. The molecule has 3 aromatic rings. The van der Waals surface area contributed by atoms with E-state index in [-0.39, 0.29) is 16.9 Å². The second-order valence-corrected chi connectivity index (χ2v) is 7.46. The number of hydrogen-bond acceptors (Lipinski definition) is 3. The Morgan fingerprint density at radius 2 is 1.96 bits per heavy atom. The van der Waals surface area contributed by atoms with E-state index < -0.39 is 0 Å². The van der Waals surface area contributed by atoms with Crippen molar-refractivity contribution >= 4 is 29.0 Å². The summed E-state index contributed by atoms with van der Waals surface area (Å²) in [4.78, 5) is 28.2. The summed E-state index contributed by atoms with van der Waals surface area (Å²) in [5.74, 6) is -0.141. The molecule has 27 heavy (non-hydrogen) atoms. The molecule has 4 rings (SSSR count). The van der Waals surface area contributed by atoms with Gasteiger partial charge in [0, 0.05) is 24.1 Å². The fourth-order valence-electron chi connectivity index (χ4n) is 3.54. The molecule has 0 spiro atoms. The molecule has 1 aromatic heterocycles. The minimum absolute atomic E-state index is 0.0581. The normalized spacial score (nSPS) is 14.9. The van der Waals surface area contributed by atoms with Gasteiger partial charge in [0.1, 0.15) is 0 Å². The van der Waals surface area contributed by atoms with Crippen LogP contribution in [0.1, 0.15) is 35.7 Å². The summed E-state index contributed by atoms with van der Waals surface area (Å²) in [5.41, 5.74) is 2.30. The lowest BCUT2D eigenvalue weighted by molar-refractivity contribution is 0.0950. The Kier molecular flexibility index (Phi) is 4.44. The second-order valence-electron chi connectivity index (χ2n) is 7.07. The number of aromatic amines is 1. The highest BCUT2D eigenvalue weighted by molar-refractivity contribution is 7.71. The topological polar surface area (TPSA) is 66.9 Å². The van der Waals surface area contributed by atoms with Crippen LogP contribution in [0.25, 0.3) is 10.9 Å². The van der Waals surface area contributed by atoms with Crippen LogP contribution in [0.4, 0.5) is 0 Å². The fraction of sp³-hybridized carbons (Fsp3) is 0.286. The quantitative estimate of drug-likeness (QED) is 0.667. The van der Waals surface area contributed by atoms with E-state index in [1.54, 1.807) is 18.2 Å². The Morgan fingerprint density at radius 3 is 2.63 bits per heavy atom. The monoisotopic (exact) mass is 379 g/mol. The molecule has 138 valence electrons. The van der Waals surface area contributed by atoms with Crippen molar-refractivity contribution in [1.82, 2.24) is 14.9 Å². The lowest BCUT2D eigenvalue weighted by Gasteiger charge is -2.16. The van der Waals surface area contributed by atoms with Gasteiger partial charge in [-0.25, -0.2) is 0 Å². The summed E-state index contributed by atoms with van der Waals surface area (Å²) >= 11 is 5.24. The van der Waals surface area contributed by atoms with E-state index in [1.165, 1.54) is 10.1 Å². The molecule has 2 N–H and O–H groups in total. The predicted molar refractivity (Wildman–Crippen MR) is 109 cm³/mol. The summed E-state index contributed by atoms with van der Waals surface area (Å²) in [5, 5.41) is 3.59. The molecule has 0 aliphatic heterocycles. The molecule has 5 nitrogen and oxygen atoms in total. The van der Waals surface area contributed by atoms with Gasteiger partial charge >= 0.3 is 0 Å². The number of carbonyl (C=O) groups excluding carboxylic acids is 1. The summed E-state index contributed by atoms with van der Waals surface area (Å²) in [6, 6.07) is 15.4. The first kappa shape index (κ1) is 17.7. The molecule has 1 aliphatic rings. The molecule has 0 unspecified atom stereocenters. The Morgan fingerprint density at radius 1 is 1.22 bits per heavy atom. The molecule has 0 atom stereocenters. The number of nitrogens with zero attached hydrogens (tertiary/aromatic N) is 1. The third kappa shape index (κ3) is 3.21. The van der Waals surface area contributed by atoms with Crippen molar-refractivity contribution in [2.75, 3.05) is 6.54 Å². The summed E-state index contributed by atoms with van der Waals surface area (Å²) in [6.45, 7) is 2.99. The smallest absolute Gasteiger partial charge is 0.262 e. The van der Waals surface area contributed by atoms with Gasteiger partial charge in [-0.1, -0.05) is 30.3 Å². The first-order valence-electron chi connectivity index (χ1n) is 9.15. The fourth-order valence-corrected chi connectivity index (χ4v) is 3.87. The zero-order chi connectivity index (χ0) is 19.0. The number of fused-ring (bicyclic) bond motifs is 1. The first-order valence-corrected chi connectivity index (χ1v) is 9.55. The van der Waals surface area contributed by atoms with Gasteiger partial charge in [-0.3, -0.25) is 14.2 Å². The number of rotatable bonds is 5. The molecular weight excluding hydrogens is 358 g/mol. The largest absolute Gasteiger partial charge is 0.351 e. The van der Waals surface area contributed by atoms with Gasteiger partial charge in [0.15, 0.2) is 4.77 Å². The van der Waals surface area contributed by atoms with Gasteiger partial charge < -0.3 is 10.3 Å². The van der Waals surface area contributed by atoms with Crippen LogP contribution in [0.2, 0.25) is 0 Å². The second kappa shape index (κ2) is 6.78. The predicted octanol–water partition coefficient (Wildman–Crippen LogP) is 3.54. The molecule has 6 heteroatoms. The molecule has 2 aromatic carbocycles. The van der Waals surface area contributed by atoms with Gasteiger partial charge in [-0.15, -0.1) is 0 Å². The zero-order valence-electron chi connectivity index (χ0n) is 15.1. The van der Waals surface area contributed by atoms with Crippen LogP contribution in [0, 0.1) is 4.77 Å². The molecule has 1 aliphatic carbocycles. The third-order valence-electron chi connectivity index (χ3n) is 5.39. The SMILES string of the molecule is CCn1c(=S)[nH]c2cc(C(=O)NCC3(c4ccccc4)CC3)ccc2c1=O. The van der Waals surface area contributed by atoms with Crippen LogP contribution in [0.5, 0.6) is 0 Å². The van der Waals surface area contributed by atoms with Crippen LogP contribution < -0.4 is 10.9 Å². The average molecular weight is 379 g/mol. The third-order valence-corrected chi connectivity index (χ3v) is 5.71. The average Bonchev–Trinajstić information content (AvgIpc) is 3.48. The van der Waals surface area contributed by atoms with Gasteiger partial charge in [0.05, 0.1) is 10.9 Å². The molecule has 1 heterocycles. The lowest BCUT2D eigenvalue weighted by atomic mass is 9.96. The Balaban J connectivity index is 1.57. The van der Waals surface area contributed by atoms with E-state index in [1.807, 2.05) is 25.1 Å². The lowest BCUT2D eigenvalue weighted by Crippen LogP contribution is -2.32. The molecular formula is C21H21N3O2S. The van der Waals surface area contributed by atoms with E-state index in [4.69, 9.17) is 12.2 Å². The maximum Gasteiger partial charge on any atom is 0.262 e. The van der Waals surface area contributed by atoms with E-state index in [0.717, 1.165) is 12.8 Å². The Hall–Kier alpha value is -2.73. The van der Waals surface area contributed by atoms with Crippen molar-refractivity contribution in [3.8, 4) is 0 Å². The van der Waals surface area contributed by atoms with Gasteiger partial charge in [-0.2, -0.15) is 0 Å². The first-order chi connectivity index (χ1) is 13.0. The summed E-state index contributed by atoms with van der Waals surface area (Å²) in [6.07, 6.45) is 2.16. The van der Waals surface area contributed by atoms with Crippen LogP contribution in [0.3, 0.4) is 0 Å².